The molecule has 0 aliphatic heterocycles. The third kappa shape index (κ3) is 2.11. The van der Waals surface area contributed by atoms with E-state index in [1.165, 1.54) is 22.8 Å². The Labute approximate surface area is 114 Å². The van der Waals surface area contributed by atoms with Gasteiger partial charge in [-0.2, -0.15) is 0 Å². The number of carboxylic acid groups (broad SMARTS) is 1. The Morgan fingerprint density at radius 2 is 1.80 bits per heavy atom. The molecule has 0 atom stereocenters. The maximum absolute atomic E-state index is 13.0. The number of pyridine rings is 1. The molecule has 0 amide bonds. The zero-order valence-corrected chi connectivity index (χ0v) is 10.5. The highest BCUT2D eigenvalue weighted by Crippen LogP contribution is 2.37. The Kier molecular flexibility index (Phi) is 2.89. The number of carbonyl (C=O) groups is 1. The number of aromatic carboxylic acids is 1. The quantitative estimate of drug-likeness (QED) is 0.935. The molecule has 1 heterocycles. The van der Waals surface area contributed by atoms with Gasteiger partial charge < -0.3 is 9.67 Å². The highest BCUT2D eigenvalue weighted by molar-refractivity contribution is 5.87. The number of carboxylic acids is 1. The molecule has 1 N–H and O–H groups in total. The molecule has 102 valence electrons. The molecular weight excluding hydrogens is 261 g/mol. The minimum Gasteiger partial charge on any atom is -0.477 e. The first kappa shape index (κ1) is 12.6. The van der Waals surface area contributed by atoms with Crippen molar-refractivity contribution >= 4 is 5.97 Å². The van der Waals surface area contributed by atoms with E-state index in [4.69, 9.17) is 5.11 Å². The molecule has 1 fully saturated rings. The Hall–Kier alpha value is -2.43. The fourth-order valence-electron chi connectivity index (χ4n) is 2.27. The van der Waals surface area contributed by atoms with E-state index in [1.807, 2.05) is 0 Å². The summed E-state index contributed by atoms with van der Waals surface area (Å²) in [7, 11) is 0. The lowest BCUT2D eigenvalue weighted by Gasteiger charge is -2.13. The summed E-state index contributed by atoms with van der Waals surface area (Å²) in [5.41, 5.74) is 0.597. The summed E-state index contributed by atoms with van der Waals surface area (Å²) in [4.78, 5) is 23.3. The van der Waals surface area contributed by atoms with Crippen molar-refractivity contribution in [3.8, 4) is 11.3 Å². The summed E-state index contributed by atoms with van der Waals surface area (Å²) < 4.78 is 14.5. The van der Waals surface area contributed by atoms with E-state index in [9.17, 15) is 14.0 Å². The molecule has 2 aromatic rings. The van der Waals surface area contributed by atoms with Crippen molar-refractivity contribution in [3.63, 3.8) is 0 Å². The van der Waals surface area contributed by atoms with Crippen LogP contribution in [-0.2, 0) is 0 Å². The number of benzene rings is 1. The van der Waals surface area contributed by atoms with Crippen LogP contribution in [0.25, 0.3) is 11.3 Å². The number of nitrogens with zero attached hydrogens (tertiary/aromatic N) is 1. The van der Waals surface area contributed by atoms with Gasteiger partial charge in [0.25, 0.3) is 5.56 Å². The largest absolute Gasteiger partial charge is 0.477 e. The Morgan fingerprint density at radius 1 is 1.15 bits per heavy atom. The predicted octanol–water partition coefficient (Wildman–Crippen LogP) is 2.69. The van der Waals surface area contributed by atoms with Gasteiger partial charge in [-0.1, -0.05) is 0 Å². The van der Waals surface area contributed by atoms with Crippen LogP contribution < -0.4 is 5.56 Å². The van der Waals surface area contributed by atoms with Crippen molar-refractivity contribution in [1.29, 1.82) is 0 Å². The average Bonchev–Trinajstić information content (AvgIpc) is 3.23. The van der Waals surface area contributed by atoms with E-state index in [2.05, 4.69) is 0 Å². The highest BCUT2D eigenvalue weighted by atomic mass is 19.1. The molecule has 20 heavy (non-hydrogen) atoms. The first-order valence-corrected chi connectivity index (χ1v) is 6.32. The predicted molar refractivity (Wildman–Crippen MR) is 71.3 cm³/mol. The monoisotopic (exact) mass is 273 g/mol. The lowest BCUT2D eigenvalue weighted by Crippen LogP contribution is -2.26. The minimum absolute atomic E-state index is 0.0434. The van der Waals surface area contributed by atoms with Crippen molar-refractivity contribution in [1.82, 2.24) is 4.57 Å². The Bertz CT molecular complexity index is 730. The molecule has 0 unspecified atom stereocenters. The van der Waals surface area contributed by atoms with E-state index < -0.39 is 11.5 Å². The maximum Gasteiger partial charge on any atom is 0.341 e. The van der Waals surface area contributed by atoms with Crippen LogP contribution in [0, 0.1) is 5.82 Å². The molecule has 1 aromatic heterocycles. The summed E-state index contributed by atoms with van der Waals surface area (Å²) in [6, 6.07) is 8.78. The number of rotatable bonds is 3. The van der Waals surface area contributed by atoms with Gasteiger partial charge in [0.05, 0.1) is 5.69 Å². The standard InChI is InChI=1S/C15H12FNO3/c16-10-3-1-9(2-4-10)13-8-7-12(15(19)20)14(18)17(13)11-5-6-11/h1-4,7-8,11H,5-6H2,(H,19,20). The minimum atomic E-state index is -1.23. The second-order valence-electron chi connectivity index (χ2n) is 4.85. The molecule has 0 saturated heterocycles. The van der Waals surface area contributed by atoms with Crippen molar-refractivity contribution in [2.24, 2.45) is 0 Å². The van der Waals surface area contributed by atoms with Gasteiger partial charge in [0.2, 0.25) is 0 Å². The van der Waals surface area contributed by atoms with E-state index in [0.717, 1.165) is 12.8 Å². The average molecular weight is 273 g/mol. The fraction of sp³-hybridized carbons (Fsp3) is 0.200. The summed E-state index contributed by atoms with van der Waals surface area (Å²) in [6.07, 6.45) is 1.72. The van der Waals surface area contributed by atoms with E-state index in [-0.39, 0.29) is 17.4 Å². The van der Waals surface area contributed by atoms with Gasteiger partial charge in [0.1, 0.15) is 11.4 Å². The number of hydrogen-bond acceptors (Lipinski definition) is 2. The van der Waals surface area contributed by atoms with Gasteiger partial charge in [0.15, 0.2) is 0 Å². The van der Waals surface area contributed by atoms with Crippen LogP contribution in [0.5, 0.6) is 0 Å². The molecule has 1 aromatic carbocycles. The molecule has 1 aliphatic rings. The van der Waals surface area contributed by atoms with Gasteiger partial charge in [0, 0.05) is 6.04 Å². The van der Waals surface area contributed by atoms with E-state index in [1.54, 1.807) is 18.2 Å². The zero-order chi connectivity index (χ0) is 14.3. The van der Waals surface area contributed by atoms with Crippen LogP contribution in [0.15, 0.2) is 41.2 Å². The summed E-state index contributed by atoms with van der Waals surface area (Å²) in [6.45, 7) is 0. The van der Waals surface area contributed by atoms with Crippen LogP contribution in [0.1, 0.15) is 29.2 Å². The van der Waals surface area contributed by atoms with Crippen molar-refractivity contribution in [2.75, 3.05) is 0 Å². The van der Waals surface area contributed by atoms with Gasteiger partial charge in [-0.3, -0.25) is 4.79 Å². The zero-order valence-electron chi connectivity index (χ0n) is 10.5. The second kappa shape index (κ2) is 4.59. The van der Waals surface area contributed by atoms with Gasteiger partial charge in [-0.05, 0) is 54.8 Å². The highest BCUT2D eigenvalue weighted by Gasteiger charge is 2.29. The van der Waals surface area contributed by atoms with Crippen LogP contribution >= 0.6 is 0 Å². The fourth-order valence-corrected chi connectivity index (χ4v) is 2.27. The second-order valence-corrected chi connectivity index (χ2v) is 4.85. The Balaban J connectivity index is 2.21. The molecule has 0 radical (unpaired) electrons. The van der Waals surface area contributed by atoms with Crippen molar-refractivity contribution in [3.05, 3.63) is 58.1 Å². The van der Waals surface area contributed by atoms with E-state index in [0.29, 0.717) is 11.3 Å². The van der Waals surface area contributed by atoms with Crippen LogP contribution in [0.2, 0.25) is 0 Å². The van der Waals surface area contributed by atoms with Crippen LogP contribution in [-0.4, -0.2) is 15.6 Å². The molecule has 1 aliphatic carbocycles. The molecule has 4 nitrogen and oxygen atoms in total. The summed E-state index contributed by atoms with van der Waals surface area (Å²) in [5.74, 6) is -1.58. The van der Waals surface area contributed by atoms with Gasteiger partial charge >= 0.3 is 5.97 Å². The number of halogens is 1. The van der Waals surface area contributed by atoms with Gasteiger partial charge in [-0.25, -0.2) is 9.18 Å². The molecule has 0 bridgehead atoms. The number of hydrogen-bond donors (Lipinski definition) is 1. The molecule has 5 heteroatoms. The molecule has 0 spiro atoms. The summed E-state index contributed by atoms with van der Waals surface area (Å²) >= 11 is 0. The third-order valence-corrected chi connectivity index (χ3v) is 3.40. The maximum atomic E-state index is 13.0. The Morgan fingerprint density at radius 3 is 2.35 bits per heavy atom. The van der Waals surface area contributed by atoms with Crippen molar-refractivity contribution in [2.45, 2.75) is 18.9 Å². The third-order valence-electron chi connectivity index (χ3n) is 3.40. The molecule has 3 rings (SSSR count). The number of aromatic nitrogens is 1. The first-order chi connectivity index (χ1) is 9.58. The lowest BCUT2D eigenvalue weighted by molar-refractivity contribution is 0.0694. The van der Waals surface area contributed by atoms with E-state index >= 15 is 0 Å². The van der Waals surface area contributed by atoms with Crippen LogP contribution in [0.4, 0.5) is 4.39 Å². The topological polar surface area (TPSA) is 59.3 Å². The lowest BCUT2D eigenvalue weighted by atomic mass is 10.1. The normalized spacial score (nSPS) is 14.2. The smallest absolute Gasteiger partial charge is 0.341 e. The SMILES string of the molecule is O=C(O)c1ccc(-c2ccc(F)cc2)n(C2CC2)c1=O. The summed E-state index contributed by atoms with van der Waals surface area (Å²) in [5, 5.41) is 9.03. The molecular formula is C15H12FNO3. The molecule has 1 saturated carbocycles. The van der Waals surface area contributed by atoms with Crippen molar-refractivity contribution < 1.29 is 14.3 Å². The first-order valence-electron chi connectivity index (χ1n) is 6.32. The van der Waals surface area contributed by atoms with Crippen LogP contribution in [0.3, 0.4) is 0 Å². The van der Waals surface area contributed by atoms with Gasteiger partial charge in [-0.15, -0.1) is 0 Å².